The van der Waals surface area contributed by atoms with Gasteiger partial charge in [0.15, 0.2) is 0 Å². The van der Waals surface area contributed by atoms with E-state index in [1.54, 1.807) is 0 Å². The highest BCUT2D eigenvalue weighted by atomic mass is 32.2. The van der Waals surface area contributed by atoms with Gasteiger partial charge in [-0.25, -0.2) is 0 Å². The van der Waals surface area contributed by atoms with Crippen LogP contribution in [-0.2, 0) is 6.54 Å². The molecule has 6 heteroatoms. The minimum absolute atomic E-state index is 0.212. The first-order valence-corrected chi connectivity index (χ1v) is 9.75. The predicted molar refractivity (Wildman–Crippen MR) is 101 cm³/mol. The fourth-order valence-corrected chi connectivity index (χ4v) is 5.11. The standard InChI is InChI=1S/C19H24N3O2S/c23-22(24)19(14-18-8-4-5-11-21(18)25-22)17-9-12-20(13-10-17)15-16-6-2-1-3-7-16/h1-8,17,19H,9-15H2/q-1. The quantitative estimate of drug-likeness (QED) is 0.467. The number of fused-ring (bicyclic) bond motifs is 1. The molecule has 5 nitrogen and oxygen atoms in total. The van der Waals surface area contributed by atoms with Crippen molar-refractivity contribution in [2.24, 2.45) is 5.92 Å². The summed E-state index contributed by atoms with van der Waals surface area (Å²) in [5.74, 6) is 0.212. The van der Waals surface area contributed by atoms with Crippen LogP contribution in [-0.4, -0.2) is 39.1 Å². The molecule has 25 heavy (non-hydrogen) atoms. The number of quaternary nitrogens is 1. The first-order chi connectivity index (χ1) is 12.1. The van der Waals surface area contributed by atoms with Gasteiger partial charge in [0.25, 0.3) is 0 Å². The van der Waals surface area contributed by atoms with Gasteiger partial charge in [0.05, 0.1) is 6.54 Å². The van der Waals surface area contributed by atoms with Crippen LogP contribution in [0.3, 0.4) is 0 Å². The molecule has 0 N–H and O–H groups in total. The topological polar surface area (TPSA) is 52.6 Å². The predicted octanol–water partition coefficient (Wildman–Crippen LogP) is 3.80. The Kier molecular flexibility index (Phi) is 4.88. The normalized spacial score (nSPS) is 27.0. The number of piperidine rings is 1. The van der Waals surface area contributed by atoms with Crippen molar-refractivity contribution in [3.63, 3.8) is 0 Å². The maximum Gasteiger partial charge on any atom is 0.202 e. The van der Waals surface area contributed by atoms with Gasteiger partial charge in [-0.3, -0.25) is 9.21 Å². The lowest BCUT2D eigenvalue weighted by molar-refractivity contribution is -0.727. The van der Waals surface area contributed by atoms with E-state index in [0.29, 0.717) is 13.0 Å². The summed E-state index contributed by atoms with van der Waals surface area (Å²) >= 11 is 0.904. The zero-order chi connectivity index (χ0) is 17.3. The molecule has 0 amide bonds. The number of rotatable bonds is 3. The summed E-state index contributed by atoms with van der Waals surface area (Å²) in [7, 11) is 0. The van der Waals surface area contributed by atoms with E-state index >= 15 is 0 Å². The minimum Gasteiger partial charge on any atom is -0.617 e. The monoisotopic (exact) mass is 358 g/mol. The van der Waals surface area contributed by atoms with Gasteiger partial charge in [-0.05, 0) is 37.6 Å². The zero-order valence-electron chi connectivity index (χ0n) is 14.3. The fourth-order valence-electron chi connectivity index (χ4n) is 4.08. The van der Waals surface area contributed by atoms with Crippen LogP contribution in [0.15, 0.2) is 54.3 Å². The Morgan fingerprint density at radius 2 is 1.88 bits per heavy atom. The number of hydroxylamine groups is 2. The number of hydrogen-bond donors (Lipinski definition) is 0. The molecule has 0 aliphatic carbocycles. The van der Waals surface area contributed by atoms with Crippen molar-refractivity contribution in [3.8, 4) is 0 Å². The van der Waals surface area contributed by atoms with E-state index in [2.05, 4.69) is 29.2 Å². The summed E-state index contributed by atoms with van der Waals surface area (Å²) in [5, 5.41) is 25.2. The molecule has 3 aliphatic rings. The van der Waals surface area contributed by atoms with E-state index in [9.17, 15) is 10.4 Å². The Morgan fingerprint density at radius 1 is 1.12 bits per heavy atom. The second kappa shape index (κ2) is 7.13. The van der Waals surface area contributed by atoms with Crippen molar-refractivity contribution in [2.75, 3.05) is 19.6 Å². The van der Waals surface area contributed by atoms with Gasteiger partial charge in [-0.1, -0.05) is 42.5 Å². The molecule has 0 aromatic heterocycles. The average molecular weight is 358 g/mol. The molecular formula is C19H24N3O2S-. The van der Waals surface area contributed by atoms with Crippen LogP contribution in [0.2, 0.25) is 0 Å². The van der Waals surface area contributed by atoms with E-state index in [4.69, 9.17) is 0 Å². The lowest BCUT2D eigenvalue weighted by Crippen LogP contribution is -2.53. The largest absolute Gasteiger partial charge is 0.617 e. The molecule has 1 aromatic rings. The van der Waals surface area contributed by atoms with Gasteiger partial charge >= 0.3 is 0 Å². The summed E-state index contributed by atoms with van der Waals surface area (Å²) in [4.78, 5) is 2.43. The smallest absolute Gasteiger partial charge is 0.202 e. The molecule has 0 spiro atoms. The van der Waals surface area contributed by atoms with E-state index in [1.165, 1.54) is 5.56 Å². The number of allylic oxidation sites excluding steroid dienone is 2. The van der Waals surface area contributed by atoms with Crippen molar-refractivity contribution in [2.45, 2.75) is 31.8 Å². The van der Waals surface area contributed by atoms with Gasteiger partial charge in [-0.15, -0.1) is 0 Å². The molecule has 1 aromatic carbocycles. The first kappa shape index (κ1) is 17.1. The highest BCUT2D eigenvalue weighted by Gasteiger charge is 2.41. The summed E-state index contributed by atoms with van der Waals surface area (Å²) in [6.07, 6.45) is 8.54. The van der Waals surface area contributed by atoms with Crippen LogP contribution >= 0.6 is 12.1 Å². The number of hydrogen-bond acceptors (Lipinski definition) is 5. The Morgan fingerprint density at radius 3 is 2.64 bits per heavy atom. The van der Waals surface area contributed by atoms with Crippen LogP contribution in [0.1, 0.15) is 24.8 Å². The molecule has 1 atom stereocenters. The summed E-state index contributed by atoms with van der Waals surface area (Å²) in [6, 6.07) is 10.1. The molecule has 0 bridgehead atoms. The van der Waals surface area contributed by atoms with E-state index in [1.807, 2.05) is 28.6 Å². The van der Waals surface area contributed by atoms with Crippen molar-refractivity contribution >= 4 is 12.1 Å². The van der Waals surface area contributed by atoms with Crippen molar-refractivity contribution < 1.29 is 4.21 Å². The summed E-state index contributed by atoms with van der Waals surface area (Å²) in [6.45, 7) is 3.53. The number of benzene rings is 1. The molecule has 3 heterocycles. The Labute approximate surface area is 153 Å². The molecule has 2 saturated heterocycles. The SMILES string of the molecule is [O-][N+]1([O-])SN2CC=CC=C2CC1C1CCN(Cc2ccccc2)CC1. The third kappa shape index (κ3) is 3.78. The lowest BCUT2D eigenvalue weighted by atomic mass is 9.86. The second-order valence-corrected chi connectivity index (χ2v) is 8.25. The average Bonchev–Trinajstić information content (AvgIpc) is 2.62. The summed E-state index contributed by atoms with van der Waals surface area (Å²) in [5.41, 5.74) is 2.45. The van der Waals surface area contributed by atoms with Crippen LogP contribution in [0, 0.1) is 16.3 Å². The number of likely N-dealkylation sites (tertiary alicyclic amines) is 1. The van der Waals surface area contributed by atoms with E-state index in [0.717, 1.165) is 50.3 Å². The van der Waals surface area contributed by atoms with Crippen LogP contribution in [0.4, 0.5) is 0 Å². The minimum atomic E-state index is -1.44. The molecule has 134 valence electrons. The molecule has 3 aliphatic heterocycles. The van der Waals surface area contributed by atoms with Crippen molar-refractivity contribution in [3.05, 3.63) is 70.2 Å². The molecule has 2 fully saturated rings. The molecule has 1 unspecified atom stereocenters. The van der Waals surface area contributed by atoms with Gasteiger partial charge < -0.3 is 14.6 Å². The molecule has 0 radical (unpaired) electrons. The van der Waals surface area contributed by atoms with Crippen LogP contribution < -0.4 is 0 Å². The Balaban J connectivity index is 1.38. The first-order valence-electron chi connectivity index (χ1n) is 9.02. The van der Waals surface area contributed by atoms with Gasteiger partial charge in [0.2, 0.25) is 12.1 Å². The van der Waals surface area contributed by atoms with E-state index in [-0.39, 0.29) is 12.0 Å². The Bertz CT molecular complexity index is 654. The highest BCUT2D eigenvalue weighted by molar-refractivity contribution is 7.91. The van der Waals surface area contributed by atoms with Crippen LogP contribution in [0.5, 0.6) is 0 Å². The van der Waals surface area contributed by atoms with E-state index < -0.39 is 4.21 Å². The Hall–Kier alpha value is -1.31. The van der Waals surface area contributed by atoms with Crippen molar-refractivity contribution in [1.82, 2.24) is 9.21 Å². The zero-order valence-corrected chi connectivity index (χ0v) is 15.1. The molecule has 4 rings (SSSR count). The highest BCUT2D eigenvalue weighted by Crippen LogP contribution is 2.45. The van der Waals surface area contributed by atoms with Gasteiger partial charge in [0.1, 0.15) is 6.04 Å². The van der Waals surface area contributed by atoms with Gasteiger partial charge in [-0.2, -0.15) is 0 Å². The number of nitrogens with zero attached hydrogens (tertiary/aromatic N) is 3. The van der Waals surface area contributed by atoms with Crippen LogP contribution in [0.25, 0.3) is 0 Å². The molecule has 0 saturated carbocycles. The second-order valence-electron chi connectivity index (χ2n) is 7.14. The summed E-state index contributed by atoms with van der Waals surface area (Å²) < 4.78 is 0.426. The third-order valence-corrected chi connectivity index (χ3v) is 6.56. The maximum absolute atomic E-state index is 12.6. The lowest BCUT2D eigenvalue weighted by Gasteiger charge is -2.58. The third-order valence-electron chi connectivity index (χ3n) is 5.48. The fraction of sp³-hybridized carbons (Fsp3) is 0.474. The molecular weight excluding hydrogens is 334 g/mol. The van der Waals surface area contributed by atoms with Gasteiger partial charge in [0, 0.05) is 24.6 Å². The maximum atomic E-state index is 12.6. The van der Waals surface area contributed by atoms with Crippen molar-refractivity contribution in [1.29, 1.82) is 0 Å².